The highest BCUT2D eigenvalue weighted by Gasteiger charge is 2.47. The molecule has 0 fully saturated rings. The smallest absolute Gasteiger partial charge is 0.0714 e. The van der Waals surface area contributed by atoms with Gasteiger partial charge in [-0.3, -0.25) is 0 Å². The summed E-state index contributed by atoms with van der Waals surface area (Å²) >= 11 is 0. The van der Waals surface area contributed by atoms with E-state index in [0.29, 0.717) is 0 Å². The predicted octanol–water partition coefficient (Wildman–Crippen LogP) is 15.8. The second-order valence-corrected chi connectivity index (χ2v) is 17.2. The van der Waals surface area contributed by atoms with E-state index < -0.39 is 5.41 Å². The molecule has 0 radical (unpaired) electrons. The molecule has 0 unspecified atom stereocenters. The first kappa shape index (κ1) is 35.5. The molecule has 0 saturated heterocycles. The molecule has 0 atom stereocenters. The van der Waals surface area contributed by atoms with Gasteiger partial charge < -0.3 is 4.90 Å². The molecule has 0 spiro atoms. The molecule has 0 heterocycles. The van der Waals surface area contributed by atoms with Crippen molar-refractivity contribution < 1.29 is 0 Å². The maximum atomic E-state index is 2.55. The van der Waals surface area contributed by atoms with Gasteiger partial charge in [0, 0.05) is 22.4 Å². The largest absolute Gasteiger partial charge is 0.310 e. The fourth-order valence-corrected chi connectivity index (χ4v) is 11.0. The summed E-state index contributed by atoms with van der Waals surface area (Å²) in [6.45, 7) is 4.84. The van der Waals surface area contributed by atoms with Crippen LogP contribution in [0.3, 0.4) is 0 Å². The van der Waals surface area contributed by atoms with Gasteiger partial charge in [0.15, 0.2) is 0 Å². The van der Waals surface area contributed by atoms with E-state index >= 15 is 0 Å². The highest BCUT2D eigenvalue weighted by molar-refractivity contribution is 6.07. The summed E-state index contributed by atoms with van der Waals surface area (Å²) in [5, 5.41) is 4.99. The van der Waals surface area contributed by atoms with Crippen LogP contribution in [-0.4, -0.2) is 0 Å². The Morgan fingerprint density at radius 1 is 0.361 bits per heavy atom. The first-order chi connectivity index (χ1) is 30.0. The minimum absolute atomic E-state index is 0.254. The number of benzene rings is 10. The Kier molecular flexibility index (Phi) is 7.86. The van der Waals surface area contributed by atoms with Crippen molar-refractivity contribution in [3.05, 3.63) is 258 Å². The molecule has 0 aromatic heterocycles. The van der Waals surface area contributed by atoms with Crippen LogP contribution in [0.2, 0.25) is 0 Å². The Hall–Kier alpha value is -7.48. The highest BCUT2D eigenvalue weighted by atomic mass is 15.1. The number of rotatable bonds is 6. The zero-order chi connectivity index (χ0) is 40.7. The van der Waals surface area contributed by atoms with Gasteiger partial charge in [0.25, 0.3) is 0 Å². The molecule has 10 aromatic carbocycles. The molecular formula is C60H43N. The highest BCUT2D eigenvalue weighted by Crippen LogP contribution is 2.60. The Balaban J connectivity index is 1.18. The van der Waals surface area contributed by atoms with Crippen LogP contribution in [0.1, 0.15) is 47.2 Å². The molecular weight excluding hydrogens is 735 g/mol. The summed E-state index contributed by atoms with van der Waals surface area (Å²) in [4.78, 5) is 2.55. The second kappa shape index (κ2) is 13.5. The van der Waals surface area contributed by atoms with Crippen LogP contribution in [0, 0.1) is 0 Å². The van der Waals surface area contributed by atoms with E-state index in [4.69, 9.17) is 0 Å². The Labute approximate surface area is 357 Å². The van der Waals surface area contributed by atoms with Crippen molar-refractivity contribution in [3.63, 3.8) is 0 Å². The second-order valence-electron chi connectivity index (χ2n) is 17.2. The van der Waals surface area contributed by atoms with Crippen molar-refractivity contribution in [1.29, 1.82) is 0 Å². The van der Waals surface area contributed by atoms with Gasteiger partial charge in [-0.15, -0.1) is 0 Å². The summed E-state index contributed by atoms with van der Waals surface area (Å²) in [6, 6.07) is 83.6. The van der Waals surface area contributed by atoms with Crippen LogP contribution in [0.25, 0.3) is 54.9 Å². The number of hydrogen-bond acceptors (Lipinski definition) is 1. The fraction of sp³-hybridized carbons (Fsp3) is 0.0667. The molecule has 61 heavy (non-hydrogen) atoms. The topological polar surface area (TPSA) is 3.24 Å². The lowest BCUT2D eigenvalue weighted by Crippen LogP contribution is -2.28. The molecule has 10 aromatic rings. The molecule has 0 N–H and O–H groups in total. The van der Waals surface area contributed by atoms with Crippen LogP contribution in [0.5, 0.6) is 0 Å². The average Bonchev–Trinajstić information content (AvgIpc) is 3.75. The lowest BCUT2D eigenvalue weighted by atomic mass is 9.67. The van der Waals surface area contributed by atoms with Crippen LogP contribution in [-0.2, 0) is 10.8 Å². The van der Waals surface area contributed by atoms with Gasteiger partial charge in [-0.05, 0) is 119 Å². The van der Waals surface area contributed by atoms with Crippen molar-refractivity contribution in [2.24, 2.45) is 0 Å². The van der Waals surface area contributed by atoms with Gasteiger partial charge in [-0.25, -0.2) is 0 Å². The standard InChI is InChI=1S/C60H43N/c1-59(2)54-37-43(40-18-6-3-7-19-40)31-34-52(54)57-56(38-44-22-14-15-27-49(44)58(57)59)61(47-32-30-41-20-12-13-21-42(41)36-47)48-33-35-51-50-28-16-17-29-53(50)60(55(51)39-48,45-23-8-4-9-24-45)46-25-10-5-11-26-46/h3-39H,1-2H3. The van der Waals surface area contributed by atoms with Crippen molar-refractivity contribution in [1.82, 2.24) is 0 Å². The average molecular weight is 778 g/mol. The third-order valence-corrected chi connectivity index (χ3v) is 13.7. The summed E-state index contributed by atoms with van der Waals surface area (Å²) in [6.07, 6.45) is 0. The van der Waals surface area contributed by atoms with E-state index in [9.17, 15) is 0 Å². The van der Waals surface area contributed by atoms with Gasteiger partial charge in [-0.2, -0.15) is 0 Å². The monoisotopic (exact) mass is 777 g/mol. The lowest BCUT2D eigenvalue weighted by molar-refractivity contribution is 0.666. The number of nitrogens with zero attached hydrogens (tertiary/aromatic N) is 1. The molecule has 0 aliphatic heterocycles. The van der Waals surface area contributed by atoms with Crippen molar-refractivity contribution in [2.75, 3.05) is 4.90 Å². The molecule has 288 valence electrons. The van der Waals surface area contributed by atoms with Gasteiger partial charge in [0.2, 0.25) is 0 Å². The molecule has 0 bridgehead atoms. The van der Waals surface area contributed by atoms with E-state index in [1.807, 2.05) is 0 Å². The molecule has 1 heteroatoms. The fourth-order valence-electron chi connectivity index (χ4n) is 11.0. The zero-order valence-electron chi connectivity index (χ0n) is 34.3. The third-order valence-electron chi connectivity index (χ3n) is 13.7. The van der Waals surface area contributed by atoms with E-state index in [1.165, 1.54) is 94.0 Å². The predicted molar refractivity (Wildman–Crippen MR) is 256 cm³/mol. The summed E-state index contributed by atoms with van der Waals surface area (Å²) < 4.78 is 0. The third kappa shape index (κ3) is 5.20. The zero-order valence-corrected chi connectivity index (χ0v) is 34.3. The SMILES string of the molecule is CC1(C)c2cc(-c3ccccc3)ccc2-c2c(N(c3ccc4c(c3)C(c3ccccc3)(c3ccccc3)c3ccccc3-4)c3ccc4ccccc4c3)cc3ccccc3c21. The van der Waals surface area contributed by atoms with Crippen LogP contribution in [0.4, 0.5) is 17.1 Å². The first-order valence-electron chi connectivity index (χ1n) is 21.4. The Bertz CT molecular complexity index is 3290. The molecule has 2 aliphatic rings. The summed E-state index contributed by atoms with van der Waals surface area (Å²) in [7, 11) is 0. The molecule has 1 nitrogen and oxygen atoms in total. The minimum Gasteiger partial charge on any atom is -0.310 e. The number of hydrogen-bond donors (Lipinski definition) is 0. The van der Waals surface area contributed by atoms with Crippen LogP contribution in [0.15, 0.2) is 224 Å². The Morgan fingerprint density at radius 2 is 0.934 bits per heavy atom. The summed E-state index contributed by atoms with van der Waals surface area (Å²) in [5.41, 5.74) is 18.2. The van der Waals surface area contributed by atoms with Gasteiger partial charge in [0.1, 0.15) is 0 Å². The van der Waals surface area contributed by atoms with E-state index in [-0.39, 0.29) is 5.41 Å². The van der Waals surface area contributed by atoms with Crippen molar-refractivity contribution >= 4 is 38.6 Å². The Morgan fingerprint density at radius 3 is 1.69 bits per heavy atom. The molecule has 12 rings (SSSR count). The normalized spacial score (nSPS) is 14.0. The minimum atomic E-state index is -0.521. The van der Waals surface area contributed by atoms with Crippen molar-refractivity contribution in [2.45, 2.75) is 24.7 Å². The van der Waals surface area contributed by atoms with Crippen molar-refractivity contribution in [3.8, 4) is 33.4 Å². The number of fused-ring (bicyclic) bond motifs is 9. The molecule has 2 aliphatic carbocycles. The van der Waals surface area contributed by atoms with E-state index in [1.54, 1.807) is 0 Å². The van der Waals surface area contributed by atoms with E-state index in [2.05, 4.69) is 243 Å². The lowest BCUT2D eigenvalue weighted by Gasteiger charge is -2.35. The van der Waals surface area contributed by atoms with E-state index in [0.717, 1.165) is 11.4 Å². The van der Waals surface area contributed by atoms with Gasteiger partial charge in [-0.1, -0.05) is 202 Å². The molecule has 0 amide bonds. The number of anilines is 3. The van der Waals surface area contributed by atoms with Gasteiger partial charge in [0.05, 0.1) is 11.1 Å². The quantitative estimate of drug-likeness (QED) is 0.163. The summed E-state index contributed by atoms with van der Waals surface area (Å²) in [5.74, 6) is 0. The molecule has 0 saturated carbocycles. The van der Waals surface area contributed by atoms with Gasteiger partial charge >= 0.3 is 0 Å². The van der Waals surface area contributed by atoms with Crippen LogP contribution >= 0.6 is 0 Å². The maximum absolute atomic E-state index is 2.55. The van der Waals surface area contributed by atoms with Crippen LogP contribution < -0.4 is 4.90 Å². The first-order valence-corrected chi connectivity index (χ1v) is 21.4. The maximum Gasteiger partial charge on any atom is 0.0714 e.